The van der Waals surface area contributed by atoms with Crippen LogP contribution in [0.5, 0.6) is 0 Å². The molecule has 0 radical (unpaired) electrons. The third kappa shape index (κ3) is 5.12. The van der Waals surface area contributed by atoms with Crippen LogP contribution in [-0.2, 0) is 16.6 Å². The predicted octanol–water partition coefficient (Wildman–Crippen LogP) is 3.47. The molecule has 1 fully saturated rings. The molecule has 3 rings (SSSR count). The summed E-state index contributed by atoms with van der Waals surface area (Å²) in [7, 11) is 1.81. The molecule has 5 nitrogen and oxygen atoms in total. The van der Waals surface area contributed by atoms with E-state index in [2.05, 4.69) is 51.3 Å². The Balaban J connectivity index is 1.47. The van der Waals surface area contributed by atoms with Gasteiger partial charge in [-0.15, -0.1) is 0 Å². The van der Waals surface area contributed by atoms with E-state index in [1.165, 1.54) is 37.3 Å². The molecule has 148 valence electrons. The number of rotatable bonds is 7. The van der Waals surface area contributed by atoms with Crippen molar-refractivity contribution in [1.82, 2.24) is 10.6 Å². The number of carbonyl (C=O) groups excluding carboxylic acids is 1. The van der Waals surface area contributed by atoms with Crippen molar-refractivity contribution >= 4 is 17.6 Å². The van der Waals surface area contributed by atoms with Crippen LogP contribution in [0, 0.1) is 0 Å². The molecule has 2 aromatic rings. The summed E-state index contributed by atoms with van der Waals surface area (Å²) >= 11 is 0. The lowest BCUT2D eigenvalue weighted by atomic mass is 9.64. The molecule has 0 atom stereocenters. The second-order valence-electron chi connectivity index (χ2n) is 7.48. The van der Waals surface area contributed by atoms with Gasteiger partial charge in [0.1, 0.15) is 0 Å². The first-order chi connectivity index (χ1) is 13.6. The van der Waals surface area contributed by atoms with Crippen molar-refractivity contribution in [2.45, 2.75) is 38.0 Å². The molecule has 0 heterocycles. The maximum Gasteiger partial charge on any atom is 0.221 e. The number of hydrogen-bond donors (Lipinski definition) is 3. The van der Waals surface area contributed by atoms with Crippen LogP contribution in [0.3, 0.4) is 0 Å². The Morgan fingerprint density at radius 3 is 2.32 bits per heavy atom. The quantitative estimate of drug-likeness (QED) is 0.510. The maximum absolute atomic E-state index is 11.1. The highest BCUT2D eigenvalue weighted by Crippen LogP contribution is 2.43. The first-order valence-electron chi connectivity index (χ1n) is 9.98. The molecule has 1 aliphatic rings. The molecule has 0 bridgehead atoms. The average molecular weight is 379 g/mol. The van der Waals surface area contributed by atoms with E-state index in [1.54, 1.807) is 0 Å². The third-order valence-electron chi connectivity index (χ3n) is 5.50. The second-order valence-corrected chi connectivity index (χ2v) is 7.48. The lowest BCUT2D eigenvalue weighted by molar-refractivity contribution is -0.114. The Morgan fingerprint density at radius 1 is 1.04 bits per heavy atom. The van der Waals surface area contributed by atoms with E-state index in [-0.39, 0.29) is 11.3 Å². The summed E-state index contributed by atoms with van der Waals surface area (Å²) < 4.78 is 0. The van der Waals surface area contributed by atoms with Crippen LogP contribution in [0.4, 0.5) is 5.69 Å². The second kappa shape index (κ2) is 9.40. The van der Waals surface area contributed by atoms with Gasteiger partial charge in [0.15, 0.2) is 5.96 Å². The van der Waals surface area contributed by atoms with E-state index in [0.29, 0.717) is 0 Å². The molecule has 0 saturated heterocycles. The van der Waals surface area contributed by atoms with Gasteiger partial charge in [-0.05, 0) is 42.5 Å². The maximum atomic E-state index is 11.1. The number of hydrogen-bond acceptors (Lipinski definition) is 2. The zero-order valence-corrected chi connectivity index (χ0v) is 16.8. The van der Waals surface area contributed by atoms with Gasteiger partial charge in [-0.25, -0.2) is 0 Å². The van der Waals surface area contributed by atoms with Gasteiger partial charge in [0, 0.05) is 38.2 Å². The van der Waals surface area contributed by atoms with Gasteiger partial charge in [-0.3, -0.25) is 9.79 Å². The van der Waals surface area contributed by atoms with Crippen LogP contribution in [0.25, 0.3) is 0 Å². The number of aliphatic imine (C=N–C) groups is 1. The minimum Gasteiger partial charge on any atom is -0.356 e. The number of anilines is 1. The van der Waals surface area contributed by atoms with Gasteiger partial charge in [-0.2, -0.15) is 0 Å². The van der Waals surface area contributed by atoms with E-state index in [4.69, 9.17) is 0 Å². The van der Waals surface area contributed by atoms with Crippen LogP contribution >= 0.6 is 0 Å². The smallest absolute Gasteiger partial charge is 0.221 e. The minimum absolute atomic E-state index is 0.0518. The molecular formula is C23H30N4O. The summed E-state index contributed by atoms with van der Waals surface area (Å²) in [6.07, 6.45) is 4.63. The van der Waals surface area contributed by atoms with Crippen LogP contribution in [-0.4, -0.2) is 32.0 Å². The van der Waals surface area contributed by atoms with Gasteiger partial charge in [0.05, 0.1) is 0 Å². The van der Waals surface area contributed by atoms with E-state index >= 15 is 0 Å². The summed E-state index contributed by atoms with van der Waals surface area (Å²) in [4.78, 5) is 15.5. The molecule has 3 N–H and O–H groups in total. The molecular weight excluding hydrogens is 348 g/mol. The third-order valence-corrected chi connectivity index (χ3v) is 5.50. The Labute approximate surface area is 167 Å². The number of carbonyl (C=O) groups is 1. The van der Waals surface area contributed by atoms with Crippen LogP contribution < -0.4 is 16.0 Å². The fourth-order valence-corrected chi connectivity index (χ4v) is 3.72. The van der Waals surface area contributed by atoms with Crippen molar-refractivity contribution in [2.75, 3.05) is 25.5 Å². The normalized spacial score (nSPS) is 15.4. The molecule has 1 aliphatic carbocycles. The van der Waals surface area contributed by atoms with Crippen LogP contribution in [0.15, 0.2) is 59.6 Å². The summed E-state index contributed by atoms with van der Waals surface area (Å²) in [6, 6.07) is 18.8. The zero-order valence-electron chi connectivity index (χ0n) is 16.8. The Bertz CT molecular complexity index is 795. The van der Waals surface area contributed by atoms with Gasteiger partial charge in [-0.1, -0.05) is 48.9 Å². The number of guanidine groups is 1. The highest BCUT2D eigenvalue weighted by molar-refractivity contribution is 5.88. The molecule has 2 aromatic carbocycles. The Hall–Kier alpha value is -2.82. The van der Waals surface area contributed by atoms with Gasteiger partial charge >= 0.3 is 0 Å². The molecule has 0 spiro atoms. The number of benzene rings is 2. The van der Waals surface area contributed by atoms with Crippen LogP contribution in [0.1, 0.15) is 37.3 Å². The lowest BCUT2D eigenvalue weighted by Crippen LogP contribution is -2.49. The van der Waals surface area contributed by atoms with E-state index in [1.807, 2.05) is 31.3 Å². The first-order valence-corrected chi connectivity index (χ1v) is 9.98. The molecule has 1 saturated carbocycles. The van der Waals surface area contributed by atoms with Gasteiger partial charge in [0.2, 0.25) is 5.91 Å². The van der Waals surface area contributed by atoms with Crippen molar-refractivity contribution < 1.29 is 4.79 Å². The minimum atomic E-state index is -0.0518. The SMILES string of the molecule is CN=C(NCCc1ccc(NC(C)=O)cc1)NCC1(c2ccccc2)CCC1. The molecule has 1 amide bonds. The zero-order chi connectivity index (χ0) is 19.8. The summed E-state index contributed by atoms with van der Waals surface area (Å²) in [5.41, 5.74) is 3.70. The topological polar surface area (TPSA) is 65.5 Å². The van der Waals surface area contributed by atoms with E-state index in [9.17, 15) is 4.79 Å². The van der Waals surface area contributed by atoms with Crippen molar-refractivity contribution in [1.29, 1.82) is 0 Å². The standard InChI is InChI=1S/C23H30N4O/c1-18(28)27-21-11-9-19(10-12-21)13-16-25-22(24-2)26-17-23(14-6-15-23)20-7-4-3-5-8-20/h3-5,7-12H,6,13-17H2,1-2H3,(H,27,28)(H2,24,25,26). The number of nitrogens with zero attached hydrogens (tertiary/aromatic N) is 1. The lowest BCUT2D eigenvalue weighted by Gasteiger charge is -2.43. The fraction of sp³-hybridized carbons (Fsp3) is 0.391. The number of nitrogens with one attached hydrogen (secondary N) is 3. The molecule has 28 heavy (non-hydrogen) atoms. The molecule has 0 aliphatic heterocycles. The Kier molecular flexibility index (Phi) is 6.69. The monoisotopic (exact) mass is 378 g/mol. The molecule has 0 unspecified atom stereocenters. The molecule has 0 aromatic heterocycles. The van der Waals surface area contributed by atoms with Gasteiger partial charge in [0.25, 0.3) is 0 Å². The van der Waals surface area contributed by atoms with Crippen molar-refractivity contribution in [3.05, 3.63) is 65.7 Å². The predicted molar refractivity (Wildman–Crippen MR) is 116 cm³/mol. The van der Waals surface area contributed by atoms with Crippen molar-refractivity contribution in [2.24, 2.45) is 4.99 Å². The molecule has 5 heteroatoms. The largest absolute Gasteiger partial charge is 0.356 e. The average Bonchev–Trinajstić information content (AvgIpc) is 2.67. The van der Waals surface area contributed by atoms with E-state index < -0.39 is 0 Å². The summed E-state index contributed by atoms with van der Waals surface area (Å²) in [5.74, 6) is 0.793. The Morgan fingerprint density at radius 2 is 1.75 bits per heavy atom. The summed E-state index contributed by atoms with van der Waals surface area (Å²) in [6.45, 7) is 3.22. The van der Waals surface area contributed by atoms with Crippen LogP contribution in [0.2, 0.25) is 0 Å². The summed E-state index contributed by atoms with van der Waals surface area (Å²) in [5, 5.41) is 9.71. The fourth-order valence-electron chi connectivity index (χ4n) is 3.72. The van der Waals surface area contributed by atoms with Crippen molar-refractivity contribution in [3.8, 4) is 0 Å². The first kappa shape index (κ1) is 19.9. The highest BCUT2D eigenvalue weighted by Gasteiger charge is 2.38. The highest BCUT2D eigenvalue weighted by atomic mass is 16.1. The van der Waals surface area contributed by atoms with Gasteiger partial charge < -0.3 is 16.0 Å². The van der Waals surface area contributed by atoms with E-state index in [0.717, 1.165) is 31.2 Å². The van der Waals surface area contributed by atoms with Crippen molar-refractivity contribution in [3.63, 3.8) is 0 Å². The number of amides is 1.